The molecule has 74 heavy (non-hydrogen) atoms. The van der Waals surface area contributed by atoms with Crippen molar-refractivity contribution in [2.75, 3.05) is 9.80 Å². The van der Waals surface area contributed by atoms with Crippen molar-refractivity contribution >= 4 is 88.4 Å². The van der Waals surface area contributed by atoms with Crippen LogP contribution in [-0.2, 0) is 0 Å². The normalized spacial score (nSPS) is 11.9. The van der Waals surface area contributed by atoms with Crippen molar-refractivity contribution < 1.29 is 4.42 Å². The highest BCUT2D eigenvalue weighted by molar-refractivity contribution is 6.28. The van der Waals surface area contributed by atoms with Gasteiger partial charge in [-0.25, -0.2) is 0 Å². The van der Waals surface area contributed by atoms with Gasteiger partial charge in [0.05, 0.1) is 17.1 Å². The molecule has 3 nitrogen and oxygen atoms in total. The Morgan fingerprint density at radius 3 is 1.38 bits per heavy atom. The molecule has 3 heteroatoms. The number of anilines is 6. The average Bonchev–Trinajstić information content (AvgIpc) is 3.87. The average molecular weight is 955 g/mol. The van der Waals surface area contributed by atoms with E-state index in [2.05, 4.69) is 273 Å². The molecule has 1 aromatic heterocycles. The number of rotatable bonds is 11. The predicted molar refractivity (Wildman–Crippen MR) is 318 cm³/mol. The molecule has 0 radical (unpaired) electrons. The number of para-hydroxylation sites is 4. The first-order valence-electron chi connectivity index (χ1n) is 26.2. The number of fused-ring (bicyclic) bond motifs is 3. The van der Waals surface area contributed by atoms with Crippen LogP contribution in [-0.4, -0.2) is 0 Å². The first kappa shape index (κ1) is 46.2. The maximum atomic E-state index is 7.09. The minimum absolute atomic E-state index is 0.365. The molecule has 13 aromatic rings. The molecular weight excluding hydrogens is 897 g/mol. The summed E-state index contributed by atoms with van der Waals surface area (Å²) in [6.45, 7) is 11.0. The molecule has 0 N–H and O–H groups in total. The fourth-order valence-corrected chi connectivity index (χ4v) is 11.5. The van der Waals surface area contributed by atoms with Gasteiger partial charge in [0.25, 0.3) is 0 Å². The Morgan fingerprint density at radius 1 is 0.365 bits per heavy atom. The van der Waals surface area contributed by atoms with Crippen LogP contribution in [0.2, 0.25) is 0 Å². The Kier molecular flexibility index (Phi) is 12.2. The van der Waals surface area contributed by atoms with Crippen molar-refractivity contribution in [3.63, 3.8) is 0 Å². The molecule has 0 fully saturated rings. The van der Waals surface area contributed by atoms with Crippen LogP contribution in [0.25, 0.3) is 87.6 Å². The Labute approximate surface area is 434 Å². The third kappa shape index (κ3) is 7.75. The van der Waals surface area contributed by atoms with Gasteiger partial charge in [0, 0.05) is 44.2 Å². The summed E-state index contributed by atoms with van der Waals surface area (Å²) in [5.74, 6) is 0.365. The summed E-state index contributed by atoms with van der Waals surface area (Å²) in [5.41, 5.74) is 18.2. The lowest BCUT2D eigenvalue weighted by atomic mass is 9.83. The van der Waals surface area contributed by atoms with E-state index in [1.54, 1.807) is 0 Å². The van der Waals surface area contributed by atoms with Crippen LogP contribution < -0.4 is 9.80 Å². The van der Waals surface area contributed by atoms with Crippen molar-refractivity contribution in [2.24, 2.45) is 0 Å². The summed E-state index contributed by atoms with van der Waals surface area (Å²) >= 11 is 0. The highest BCUT2D eigenvalue weighted by Gasteiger charge is 2.26. The molecule has 1 atom stereocenters. The zero-order valence-corrected chi connectivity index (χ0v) is 42.7. The lowest BCUT2D eigenvalue weighted by molar-refractivity contribution is 0.670. The van der Waals surface area contributed by atoms with Crippen LogP contribution in [0, 0.1) is 6.92 Å². The first-order valence-corrected chi connectivity index (χ1v) is 26.2. The summed E-state index contributed by atoms with van der Waals surface area (Å²) in [6, 6.07) is 88.3. The fourth-order valence-electron chi connectivity index (χ4n) is 11.5. The second kappa shape index (κ2) is 19.6. The minimum Gasteiger partial charge on any atom is -0.453 e. The lowest BCUT2D eigenvalue weighted by Gasteiger charge is -2.31. The number of benzene rings is 12. The van der Waals surface area contributed by atoms with Gasteiger partial charge in [-0.05, 0) is 128 Å². The highest BCUT2D eigenvalue weighted by atomic mass is 16.3. The maximum absolute atomic E-state index is 7.09. The van der Waals surface area contributed by atoms with Crippen molar-refractivity contribution in [3.05, 3.63) is 254 Å². The molecule has 1 unspecified atom stereocenters. The number of hydrogen-bond donors (Lipinski definition) is 0. The van der Waals surface area contributed by atoms with Gasteiger partial charge in [0.1, 0.15) is 5.58 Å². The minimum atomic E-state index is 0.365. The zero-order valence-electron chi connectivity index (χ0n) is 42.7. The van der Waals surface area contributed by atoms with Crippen LogP contribution in [0.15, 0.2) is 247 Å². The Morgan fingerprint density at radius 2 is 0.797 bits per heavy atom. The Hall–Kier alpha value is -8.92. The van der Waals surface area contributed by atoms with E-state index < -0.39 is 0 Å². The summed E-state index contributed by atoms with van der Waals surface area (Å²) in [4.78, 5) is 4.88. The van der Waals surface area contributed by atoms with Gasteiger partial charge in [0.15, 0.2) is 5.58 Å². The monoisotopic (exact) mass is 954 g/mol. The van der Waals surface area contributed by atoms with Crippen LogP contribution in [0.4, 0.5) is 34.1 Å². The van der Waals surface area contributed by atoms with Gasteiger partial charge in [-0.2, -0.15) is 0 Å². The summed E-state index contributed by atoms with van der Waals surface area (Å²) < 4.78 is 7.09. The number of hydrogen-bond acceptors (Lipinski definition) is 3. The third-order valence-corrected chi connectivity index (χ3v) is 15.1. The first-order chi connectivity index (χ1) is 36.6. The second-order valence-electron chi connectivity index (χ2n) is 19.1. The maximum Gasteiger partial charge on any atom is 0.159 e. The van der Waals surface area contributed by atoms with Gasteiger partial charge >= 0.3 is 0 Å². The topological polar surface area (TPSA) is 19.6 Å². The zero-order chi connectivity index (χ0) is 50.3. The molecule has 1 heterocycles. The molecule has 0 aliphatic heterocycles. The van der Waals surface area contributed by atoms with E-state index in [0.29, 0.717) is 5.92 Å². The molecule has 0 bridgehead atoms. The smallest absolute Gasteiger partial charge is 0.159 e. The summed E-state index contributed by atoms with van der Waals surface area (Å²) in [7, 11) is 0. The molecule has 0 aliphatic rings. The van der Waals surface area contributed by atoms with Gasteiger partial charge in [-0.3, -0.25) is 0 Å². The van der Waals surface area contributed by atoms with Crippen LogP contribution in [0.5, 0.6) is 0 Å². The Balaban J connectivity index is 0.00000275. The molecule has 358 valence electrons. The van der Waals surface area contributed by atoms with Gasteiger partial charge in [-0.1, -0.05) is 222 Å². The van der Waals surface area contributed by atoms with Crippen molar-refractivity contribution in [3.8, 4) is 33.4 Å². The quantitative estimate of drug-likeness (QED) is 0.120. The standard InChI is InChI=1S/C69H52N2O.C2H6/c1-4-45(2)65-54(47-21-9-5-10-22-47)30-17-32-56(65)53-29-19-35-61(46(53)3)70(51-25-13-7-14-26-51)62-43-39-49-38-42-60-63(44-40-50-37-41-59(62)66(49)67(50)60)71(52-27-15-8-16-28-52)64-36-20-34-58-57-33-18-31-55(68(57)72-69(58)64)48-23-11-6-12-24-48;1-2/h5-45H,4H2,1-3H3;1-2H3. The van der Waals surface area contributed by atoms with Gasteiger partial charge < -0.3 is 14.2 Å². The SMILES string of the molecule is CC.CCC(C)c1c(-c2ccccc2)cccc1-c1cccc(N(c2ccccc2)c2ccc3ccc4c(N(c5ccccc5)c5cccc6c5oc5c(-c7ccccc7)cccc56)ccc5ccc2c3c54)c1C. The molecule has 0 aliphatic carbocycles. The lowest BCUT2D eigenvalue weighted by Crippen LogP contribution is -2.13. The largest absolute Gasteiger partial charge is 0.453 e. The molecule has 12 aromatic carbocycles. The molecule has 0 amide bonds. The summed E-state index contributed by atoms with van der Waals surface area (Å²) in [5, 5.41) is 9.45. The molecule has 0 saturated heterocycles. The highest BCUT2D eigenvalue weighted by Crippen LogP contribution is 2.51. The van der Waals surface area contributed by atoms with Gasteiger partial charge in [-0.15, -0.1) is 0 Å². The van der Waals surface area contributed by atoms with Crippen LogP contribution >= 0.6 is 0 Å². The number of furan rings is 1. The van der Waals surface area contributed by atoms with E-state index in [9.17, 15) is 0 Å². The third-order valence-electron chi connectivity index (χ3n) is 15.1. The van der Waals surface area contributed by atoms with Crippen molar-refractivity contribution in [2.45, 2.75) is 47.0 Å². The van der Waals surface area contributed by atoms with Crippen LogP contribution in [0.3, 0.4) is 0 Å². The fraction of sp³-hybridized carbons (Fsp3) is 0.0986. The van der Waals surface area contributed by atoms with Crippen molar-refractivity contribution in [1.29, 1.82) is 0 Å². The number of nitrogens with zero attached hydrogens (tertiary/aromatic N) is 2. The molecule has 0 saturated carbocycles. The van der Waals surface area contributed by atoms with E-state index >= 15 is 0 Å². The predicted octanol–water partition coefficient (Wildman–Crippen LogP) is 21.3. The molecule has 0 spiro atoms. The van der Waals surface area contributed by atoms with E-state index in [0.717, 1.165) is 73.6 Å². The Bertz CT molecular complexity index is 4100. The van der Waals surface area contributed by atoms with E-state index in [1.807, 2.05) is 13.8 Å². The van der Waals surface area contributed by atoms with E-state index in [1.165, 1.54) is 65.7 Å². The molecule has 13 rings (SSSR count). The van der Waals surface area contributed by atoms with Crippen molar-refractivity contribution in [1.82, 2.24) is 0 Å². The summed E-state index contributed by atoms with van der Waals surface area (Å²) in [6.07, 6.45) is 1.05. The van der Waals surface area contributed by atoms with Crippen LogP contribution in [0.1, 0.15) is 51.2 Å². The van der Waals surface area contributed by atoms with E-state index in [-0.39, 0.29) is 0 Å². The van der Waals surface area contributed by atoms with E-state index in [4.69, 9.17) is 4.42 Å². The second-order valence-corrected chi connectivity index (χ2v) is 19.1. The molecular formula is C71H58N2O. The van der Waals surface area contributed by atoms with Gasteiger partial charge in [0.2, 0.25) is 0 Å².